The van der Waals surface area contributed by atoms with Crippen molar-refractivity contribution in [1.29, 1.82) is 0 Å². The highest BCUT2D eigenvalue weighted by Crippen LogP contribution is 2.44. The third kappa shape index (κ3) is 4.35. The van der Waals surface area contributed by atoms with Crippen molar-refractivity contribution in [3.8, 4) is 0 Å². The monoisotopic (exact) mass is 258 g/mol. The Balaban J connectivity index is 2.66. The van der Waals surface area contributed by atoms with Crippen LogP contribution in [0.5, 0.6) is 0 Å². The van der Waals surface area contributed by atoms with E-state index in [9.17, 15) is 13.2 Å². The van der Waals surface area contributed by atoms with Gasteiger partial charge in [-0.05, 0) is 32.1 Å². The molecule has 1 saturated carbocycles. The molecule has 0 aromatic carbocycles. The van der Waals surface area contributed by atoms with Gasteiger partial charge in [0, 0.05) is 5.92 Å². The molecule has 1 aliphatic carbocycles. The molecule has 0 N–H and O–H groups in total. The maximum atomic E-state index is 12.5. The molecule has 0 radical (unpaired) electrons. The van der Waals surface area contributed by atoms with Crippen molar-refractivity contribution >= 4 is 0 Å². The van der Waals surface area contributed by atoms with E-state index in [0.717, 1.165) is 25.3 Å². The Labute approximate surface area is 107 Å². The summed E-state index contributed by atoms with van der Waals surface area (Å²) in [4.78, 5) is 0. The van der Waals surface area contributed by atoms with Crippen molar-refractivity contribution in [1.82, 2.24) is 0 Å². The van der Waals surface area contributed by atoms with Crippen molar-refractivity contribution in [3.05, 3.63) is 35.5 Å². The molecule has 0 aliphatic heterocycles. The Bertz CT molecular complexity index is 370. The fourth-order valence-electron chi connectivity index (χ4n) is 1.99. The molecular weight excluding hydrogens is 237 g/mol. The van der Waals surface area contributed by atoms with E-state index in [2.05, 4.69) is 20.4 Å². The van der Waals surface area contributed by atoms with Gasteiger partial charge in [0.25, 0.3) is 0 Å². The molecule has 0 aromatic heterocycles. The number of rotatable bonds is 5. The summed E-state index contributed by atoms with van der Waals surface area (Å²) in [5.41, 5.74) is 1.83. The summed E-state index contributed by atoms with van der Waals surface area (Å²) in [5, 5.41) is 0. The number of alkyl halides is 3. The average molecular weight is 258 g/mol. The maximum Gasteiger partial charge on any atom is 0.416 e. The molecule has 1 atom stereocenters. The van der Waals surface area contributed by atoms with Crippen LogP contribution in [-0.2, 0) is 0 Å². The molecule has 0 bridgehead atoms. The van der Waals surface area contributed by atoms with Gasteiger partial charge in [0.05, 0.1) is 5.57 Å². The predicted molar refractivity (Wildman–Crippen MR) is 69.2 cm³/mol. The average Bonchev–Trinajstić information content (AvgIpc) is 3.00. The molecule has 1 unspecified atom stereocenters. The number of hydrogen-bond acceptors (Lipinski definition) is 0. The van der Waals surface area contributed by atoms with E-state index in [1.54, 1.807) is 0 Å². The highest BCUT2D eigenvalue weighted by Gasteiger charge is 2.36. The second kappa shape index (κ2) is 5.77. The summed E-state index contributed by atoms with van der Waals surface area (Å²) in [6.45, 7) is 9.58. The molecule has 0 nitrogen and oxygen atoms in total. The molecule has 102 valence electrons. The number of halogens is 3. The van der Waals surface area contributed by atoms with Crippen molar-refractivity contribution in [2.45, 2.75) is 46.2 Å². The first-order valence-electron chi connectivity index (χ1n) is 6.35. The minimum Gasteiger partial charge on any atom is -0.166 e. The van der Waals surface area contributed by atoms with E-state index in [1.165, 1.54) is 17.2 Å². The zero-order chi connectivity index (χ0) is 13.9. The lowest BCUT2D eigenvalue weighted by molar-refractivity contribution is -0.0884. The maximum absolute atomic E-state index is 12.5. The molecule has 1 fully saturated rings. The van der Waals surface area contributed by atoms with Crippen LogP contribution in [0.25, 0.3) is 0 Å². The quantitative estimate of drug-likeness (QED) is 0.455. The summed E-state index contributed by atoms with van der Waals surface area (Å²) in [6.07, 6.45) is 0.797. The molecule has 0 amide bonds. The van der Waals surface area contributed by atoms with Gasteiger partial charge >= 0.3 is 6.18 Å². The molecule has 0 aromatic rings. The van der Waals surface area contributed by atoms with Gasteiger partial charge in [-0.1, -0.05) is 43.7 Å². The van der Waals surface area contributed by atoms with E-state index < -0.39 is 11.7 Å². The van der Waals surface area contributed by atoms with Crippen LogP contribution in [0.15, 0.2) is 35.5 Å². The zero-order valence-electron chi connectivity index (χ0n) is 11.3. The van der Waals surface area contributed by atoms with Crippen LogP contribution in [0.3, 0.4) is 0 Å². The Morgan fingerprint density at radius 1 is 1.44 bits per heavy atom. The molecule has 1 rings (SSSR count). The molecule has 3 heteroatoms. The highest BCUT2D eigenvalue weighted by molar-refractivity contribution is 5.38. The van der Waals surface area contributed by atoms with Crippen LogP contribution < -0.4 is 0 Å². The van der Waals surface area contributed by atoms with Gasteiger partial charge in [-0.15, -0.1) is 0 Å². The van der Waals surface area contributed by atoms with Crippen LogP contribution in [-0.4, -0.2) is 6.18 Å². The van der Waals surface area contributed by atoms with Crippen LogP contribution in [0.4, 0.5) is 13.2 Å². The van der Waals surface area contributed by atoms with E-state index in [4.69, 9.17) is 0 Å². The second-order valence-electron chi connectivity index (χ2n) is 5.37. The van der Waals surface area contributed by atoms with Gasteiger partial charge in [-0.25, -0.2) is 0 Å². The van der Waals surface area contributed by atoms with Crippen molar-refractivity contribution in [2.75, 3.05) is 0 Å². The summed E-state index contributed by atoms with van der Waals surface area (Å²) in [7, 11) is 0. The Morgan fingerprint density at radius 3 is 2.50 bits per heavy atom. The molecule has 0 spiro atoms. The van der Waals surface area contributed by atoms with Crippen LogP contribution in [0.2, 0.25) is 0 Å². The van der Waals surface area contributed by atoms with Gasteiger partial charge in [-0.2, -0.15) is 13.2 Å². The molecule has 0 heterocycles. The lowest BCUT2D eigenvalue weighted by atomic mass is 10.0. The van der Waals surface area contributed by atoms with Crippen LogP contribution >= 0.6 is 0 Å². The van der Waals surface area contributed by atoms with Crippen molar-refractivity contribution in [3.63, 3.8) is 0 Å². The van der Waals surface area contributed by atoms with E-state index >= 15 is 0 Å². The zero-order valence-corrected chi connectivity index (χ0v) is 11.3. The first kappa shape index (κ1) is 15.1. The van der Waals surface area contributed by atoms with Gasteiger partial charge < -0.3 is 0 Å². The van der Waals surface area contributed by atoms with Gasteiger partial charge in [0.15, 0.2) is 0 Å². The Morgan fingerprint density at radius 2 is 2.06 bits per heavy atom. The Hall–Kier alpha value is -0.990. The van der Waals surface area contributed by atoms with E-state index in [-0.39, 0.29) is 5.92 Å². The van der Waals surface area contributed by atoms with Gasteiger partial charge in [-0.3, -0.25) is 0 Å². The molecule has 18 heavy (non-hydrogen) atoms. The number of allylic oxidation sites excluding steroid dienone is 5. The normalized spacial score (nSPS) is 23.3. The highest BCUT2D eigenvalue weighted by atomic mass is 19.4. The van der Waals surface area contributed by atoms with E-state index in [1.807, 2.05) is 6.92 Å². The summed E-state index contributed by atoms with van der Waals surface area (Å²) >= 11 is 0. The summed E-state index contributed by atoms with van der Waals surface area (Å²) in [6, 6.07) is 0. The van der Waals surface area contributed by atoms with Crippen molar-refractivity contribution < 1.29 is 13.2 Å². The smallest absolute Gasteiger partial charge is 0.166 e. The van der Waals surface area contributed by atoms with Gasteiger partial charge in [0.1, 0.15) is 0 Å². The van der Waals surface area contributed by atoms with Gasteiger partial charge in [0.2, 0.25) is 0 Å². The largest absolute Gasteiger partial charge is 0.416 e. The van der Waals surface area contributed by atoms with Crippen LogP contribution in [0, 0.1) is 11.8 Å². The lowest BCUT2D eigenvalue weighted by Crippen LogP contribution is -2.09. The third-order valence-corrected chi connectivity index (χ3v) is 3.30. The van der Waals surface area contributed by atoms with Crippen molar-refractivity contribution in [2.24, 2.45) is 11.8 Å². The first-order chi connectivity index (χ1) is 8.25. The van der Waals surface area contributed by atoms with E-state index in [0.29, 0.717) is 5.92 Å². The molecular formula is C15H21F3. The summed E-state index contributed by atoms with van der Waals surface area (Å²) < 4.78 is 37.6. The topological polar surface area (TPSA) is 0 Å². The minimum atomic E-state index is -4.28. The summed E-state index contributed by atoms with van der Waals surface area (Å²) in [5.74, 6) is 0.610. The minimum absolute atomic E-state index is 0.0215. The lowest BCUT2D eigenvalue weighted by Gasteiger charge is -2.06. The van der Waals surface area contributed by atoms with Crippen LogP contribution in [0.1, 0.15) is 40.0 Å². The number of hydrogen-bond donors (Lipinski definition) is 0. The fraction of sp³-hybridized carbons (Fsp3) is 0.600. The SMILES string of the molecule is C=CC(=CC1CC1=C(C)CCC(C)C)C(F)(F)F. The predicted octanol–water partition coefficient (Wildman–Crippen LogP) is 5.43. The fourth-order valence-corrected chi connectivity index (χ4v) is 1.99. The molecule has 1 aliphatic rings. The Kier molecular flexibility index (Phi) is 4.83. The first-order valence-corrected chi connectivity index (χ1v) is 6.35. The standard InChI is InChI=1S/C15H21F3/c1-5-13(15(16,17)18)8-12-9-14(12)11(4)7-6-10(2)3/h5,8,10,12H,1,6-7,9H2,2-4H3. The molecule has 0 saturated heterocycles. The third-order valence-electron chi connectivity index (χ3n) is 3.30. The second-order valence-corrected chi connectivity index (χ2v) is 5.37.